The predicted octanol–water partition coefficient (Wildman–Crippen LogP) is 4.36. The van der Waals surface area contributed by atoms with Gasteiger partial charge in [0.1, 0.15) is 17.1 Å². The van der Waals surface area contributed by atoms with E-state index in [9.17, 15) is 18.8 Å². The number of nitrogens with two attached hydrogens (primary N) is 1. The van der Waals surface area contributed by atoms with Crippen molar-refractivity contribution in [1.29, 1.82) is 0 Å². The van der Waals surface area contributed by atoms with Crippen molar-refractivity contribution in [2.75, 3.05) is 25.4 Å². The SMILES string of the molecule is CCOC(=O)c1c(N)c(C(=O)C2CCN(C(=O)OC(C)(C)C)CC2)nn1-c1ccc(Br)cc1F. The Hall–Kier alpha value is -2.95. The van der Waals surface area contributed by atoms with Gasteiger partial charge in [0, 0.05) is 23.5 Å². The second-order valence-corrected chi connectivity index (χ2v) is 9.86. The highest BCUT2D eigenvalue weighted by Crippen LogP contribution is 2.30. The quantitative estimate of drug-likeness (QED) is 0.443. The predicted molar refractivity (Wildman–Crippen MR) is 126 cm³/mol. The number of ketones is 1. The van der Waals surface area contributed by atoms with Crippen molar-refractivity contribution in [3.8, 4) is 5.69 Å². The molecule has 1 amide bonds. The number of carbonyl (C=O) groups is 3. The van der Waals surface area contributed by atoms with E-state index in [4.69, 9.17) is 15.2 Å². The van der Waals surface area contributed by atoms with E-state index in [1.807, 2.05) is 0 Å². The van der Waals surface area contributed by atoms with Crippen LogP contribution in [0, 0.1) is 11.7 Å². The Morgan fingerprint density at radius 1 is 1.24 bits per heavy atom. The normalized spacial score (nSPS) is 14.7. The van der Waals surface area contributed by atoms with Gasteiger partial charge in [-0.2, -0.15) is 5.10 Å². The number of Topliss-reactive ketones (excluding diaryl/α,β-unsaturated/α-hetero) is 1. The molecule has 1 aromatic heterocycles. The number of piperidine rings is 1. The number of aromatic nitrogens is 2. The van der Waals surface area contributed by atoms with Crippen LogP contribution in [0.1, 0.15) is 61.5 Å². The summed E-state index contributed by atoms with van der Waals surface area (Å²) < 4.78 is 26.7. The van der Waals surface area contributed by atoms with Gasteiger partial charge in [-0.05, 0) is 58.7 Å². The van der Waals surface area contributed by atoms with E-state index in [1.54, 1.807) is 38.7 Å². The lowest BCUT2D eigenvalue weighted by Crippen LogP contribution is -2.43. The number of halogens is 2. The van der Waals surface area contributed by atoms with E-state index < -0.39 is 29.4 Å². The second-order valence-electron chi connectivity index (χ2n) is 8.94. The number of esters is 1. The summed E-state index contributed by atoms with van der Waals surface area (Å²) in [5.74, 6) is -2.31. The third-order valence-corrected chi connectivity index (χ3v) is 5.77. The van der Waals surface area contributed by atoms with Gasteiger partial charge in [-0.3, -0.25) is 4.79 Å². The van der Waals surface area contributed by atoms with E-state index >= 15 is 0 Å². The van der Waals surface area contributed by atoms with Crippen LogP contribution in [0.5, 0.6) is 0 Å². The van der Waals surface area contributed by atoms with Gasteiger partial charge in [0.25, 0.3) is 0 Å². The number of carbonyl (C=O) groups excluding carboxylic acids is 3. The van der Waals surface area contributed by atoms with Gasteiger partial charge in [-0.1, -0.05) is 15.9 Å². The van der Waals surface area contributed by atoms with Crippen LogP contribution in [0.4, 0.5) is 14.9 Å². The van der Waals surface area contributed by atoms with Crippen LogP contribution in [0.25, 0.3) is 5.69 Å². The number of hydrogen-bond donors (Lipinski definition) is 1. The molecular weight excluding hydrogens is 511 g/mol. The van der Waals surface area contributed by atoms with E-state index in [0.717, 1.165) is 4.68 Å². The molecule has 9 nitrogen and oxygen atoms in total. The average Bonchev–Trinajstić information content (AvgIpc) is 3.09. The van der Waals surface area contributed by atoms with Gasteiger partial charge >= 0.3 is 12.1 Å². The minimum Gasteiger partial charge on any atom is -0.461 e. The molecule has 1 fully saturated rings. The summed E-state index contributed by atoms with van der Waals surface area (Å²) >= 11 is 3.19. The van der Waals surface area contributed by atoms with E-state index in [2.05, 4.69) is 21.0 Å². The van der Waals surface area contributed by atoms with Crippen molar-refractivity contribution < 1.29 is 28.2 Å². The molecule has 1 saturated heterocycles. The molecule has 184 valence electrons. The van der Waals surface area contributed by atoms with Crippen LogP contribution in [0.3, 0.4) is 0 Å². The van der Waals surface area contributed by atoms with Gasteiger partial charge in [0.05, 0.1) is 12.3 Å². The highest BCUT2D eigenvalue weighted by atomic mass is 79.9. The Kier molecular flexibility index (Phi) is 7.64. The van der Waals surface area contributed by atoms with Gasteiger partial charge in [0.2, 0.25) is 0 Å². The van der Waals surface area contributed by atoms with Gasteiger partial charge in [0.15, 0.2) is 17.2 Å². The topological polar surface area (TPSA) is 117 Å². The summed E-state index contributed by atoms with van der Waals surface area (Å²) in [6, 6.07) is 4.22. The summed E-state index contributed by atoms with van der Waals surface area (Å²) in [5.41, 5.74) is 5.02. The molecule has 0 bridgehead atoms. The zero-order valence-electron chi connectivity index (χ0n) is 19.6. The largest absolute Gasteiger partial charge is 0.461 e. The monoisotopic (exact) mass is 538 g/mol. The lowest BCUT2D eigenvalue weighted by atomic mass is 9.90. The van der Waals surface area contributed by atoms with Crippen molar-refractivity contribution in [2.45, 2.75) is 46.1 Å². The standard InChI is InChI=1S/C23H28BrFN4O5/c1-5-33-21(31)19-17(26)18(27-29(19)16-7-6-14(24)12-15(16)25)20(30)13-8-10-28(11-9-13)22(32)34-23(2,3)4/h6-7,12-13H,5,8-11,26H2,1-4H3. The van der Waals surface area contributed by atoms with Crippen molar-refractivity contribution in [2.24, 2.45) is 5.92 Å². The maximum Gasteiger partial charge on any atom is 0.410 e. The molecule has 2 aromatic rings. The van der Waals surface area contributed by atoms with Crippen LogP contribution in [0.15, 0.2) is 22.7 Å². The van der Waals surface area contributed by atoms with Crippen molar-refractivity contribution in [3.63, 3.8) is 0 Å². The molecule has 3 rings (SSSR count). The van der Waals surface area contributed by atoms with Gasteiger partial charge < -0.3 is 20.1 Å². The summed E-state index contributed by atoms with van der Waals surface area (Å²) in [5, 5.41) is 4.23. The summed E-state index contributed by atoms with van der Waals surface area (Å²) in [7, 11) is 0. The average molecular weight is 539 g/mol. The van der Waals surface area contributed by atoms with Crippen LogP contribution in [-0.4, -0.2) is 57.8 Å². The van der Waals surface area contributed by atoms with E-state index in [1.165, 1.54) is 12.1 Å². The Balaban J connectivity index is 1.88. The van der Waals surface area contributed by atoms with Crippen molar-refractivity contribution in [3.05, 3.63) is 39.9 Å². The molecule has 2 heterocycles. The molecule has 0 spiro atoms. The Labute approximate surface area is 205 Å². The number of amides is 1. The van der Waals surface area contributed by atoms with Crippen molar-refractivity contribution >= 4 is 39.5 Å². The fourth-order valence-electron chi connectivity index (χ4n) is 3.68. The lowest BCUT2D eigenvalue weighted by Gasteiger charge is -2.32. The maximum absolute atomic E-state index is 14.7. The summed E-state index contributed by atoms with van der Waals surface area (Å²) in [6.07, 6.45) is 0.329. The lowest BCUT2D eigenvalue weighted by molar-refractivity contribution is 0.0182. The van der Waals surface area contributed by atoms with Crippen LogP contribution >= 0.6 is 15.9 Å². The third kappa shape index (κ3) is 5.57. The van der Waals surface area contributed by atoms with Crippen LogP contribution < -0.4 is 5.73 Å². The Morgan fingerprint density at radius 3 is 2.44 bits per heavy atom. The molecule has 0 radical (unpaired) electrons. The second kappa shape index (κ2) is 10.1. The Morgan fingerprint density at radius 2 is 1.88 bits per heavy atom. The van der Waals surface area contributed by atoms with E-state index in [0.29, 0.717) is 30.4 Å². The number of likely N-dealkylation sites (tertiary alicyclic amines) is 1. The first-order valence-electron chi connectivity index (χ1n) is 11.0. The minimum absolute atomic E-state index is 0.0447. The fourth-order valence-corrected chi connectivity index (χ4v) is 4.01. The molecule has 34 heavy (non-hydrogen) atoms. The summed E-state index contributed by atoms with van der Waals surface area (Å²) in [4.78, 5) is 39.8. The number of rotatable bonds is 5. The highest BCUT2D eigenvalue weighted by molar-refractivity contribution is 9.10. The van der Waals surface area contributed by atoms with Crippen molar-refractivity contribution in [1.82, 2.24) is 14.7 Å². The molecule has 1 aliphatic rings. The number of nitrogens with zero attached hydrogens (tertiary/aromatic N) is 3. The molecular formula is C23H28BrFN4O5. The number of benzene rings is 1. The first kappa shape index (κ1) is 25.7. The van der Waals surface area contributed by atoms with Crippen LogP contribution in [0.2, 0.25) is 0 Å². The molecule has 0 aliphatic carbocycles. The third-order valence-electron chi connectivity index (χ3n) is 5.28. The minimum atomic E-state index is -0.811. The van der Waals surface area contributed by atoms with Gasteiger partial charge in [-0.25, -0.2) is 18.7 Å². The molecule has 0 atom stereocenters. The smallest absolute Gasteiger partial charge is 0.410 e. The fraction of sp³-hybridized carbons (Fsp3) is 0.478. The number of nitrogen functional groups attached to an aromatic ring is 1. The molecule has 11 heteroatoms. The van der Waals surface area contributed by atoms with Gasteiger partial charge in [-0.15, -0.1) is 0 Å². The van der Waals surface area contributed by atoms with E-state index in [-0.39, 0.29) is 35.2 Å². The molecule has 0 unspecified atom stereocenters. The zero-order chi connectivity index (χ0) is 25.2. The molecule has 1 aliphatic heterocycles. The number of ether oxygens (including phenoxy) is 2. The zero-order valence-corrected chi connectivity index (χ0v) is 21.1. The molecule has 2 N–H and O–H groups in total. The maximum atomic E-state index is 14.7. The number of anilines is 1. The molecule has 1 aromatic carbocycles. The Bertz CT molecular complexity index is 1100. The first-order chi connectivity index (χ1) is 15.9. The highest BCUT2D eigenvalue weighted by Gasteiger charge is 2.35. The van der Waals surface area contributed by atoms with Crippen LogP contribution in [-0.2, 0) is 9.47 Å². The summed E-state index contributed by atoms with van der Waals surface area (Å²) in [6.45, 7) is 7.72. The number of hydrogen-bond acceptors (Lipinski definition) is 7. The first-order valence-corrected chi connectivity index (χ1v) is 11.8. The molecule has 0 saturated carbocycles.